The molecule has 0 aromatic heterocycles. The Balaban J connectivity index is 2.52. The van der Waals surface area contributed by atoms with Crippen molar-refractivity contribution in [1.29, 1.82) is 0 Å². The molecular formula is C15H25NO2. The predicted molar refractivity (Wildman–Crippen MR) is 75.3 cm³/mol. The van der Waals surface area contributed by atoms with Crippen LogP contribution < -0.4 is 10.1 Å². The lowest BCUT2D eigenvalue weighted by Crippen LogP contribution is -2.38. The second-order valence-electron chi connectivity index (χ2n) is 4.51. The third-order valence-electron chi connectivity index (χ3n) is 3.22. The SMILES string of the molecule is CCC(NC)C(C)Oc1ccc(CCOC)cc1. The highest BCUT2D eigenvalue weighted by Gasteiger charge is 2.14. The van der Waals surface area contributed by atoms with Crippen LogP contribution in [0, 0.1) is 0 Å². The smallest absolute Gasteiger partial charge is 0.119 e. The van der Waals surface area contributed by atoms with Gasteiger partial charge in [0.25, 0.3) is 0 Å². The molecule has 3 heteroatoms. The Morgan fingerprint density at radius 1 is 1.22 bits per heavy atom. The van der Waals surface area contributed by atoms with E-state index in [4.69, 9.17) is 9.47 Å². The van der Waals surface area contributed by atoms with Crippen molar-refractivity contribution in [2.45, 2.75) is 38.8 Å². The summed E-state index contributed by atoms with van der Waals surface area (Å²) < 4.78 is 11.0. The van der Waals surface area contributed by atoms with E-state index in [0.717, 1.165) is 25.2 Å². The van der Waals surface area contributed by atoms with Crippen LogP contribution in [0.25, 0.3) is 0 Å². The molecule has 0 saturated carbocycles. The van der Waals surface area contributed by atoms with E-state index in [1.54, 1.807) is 7.11 Å². The first-order valence-corrected chi connectivity index (χ1v) is 6.63. The van der Waals surface area contributed by atoms with E-state index in [0.29, 0.717) is 6.04 Å². The first-order chi connectivity index (χ1) is 8.71. The highest BCUT2D eigenvalue weighted by atomic mass is 16.5. The summed E-state index contributed by atoms with van der Waals surface area (Å²) in [5, 5.41) is 3.27. The molecule has 0 aliphatic carbocycles. The Kier molecular flexibility index (Phi) is 6.76. The van der Waals surface area contributed by atoms with Crippen LogP contribution in [-0.4, -0.2) is 32.9 Å². The Bertz CT molecular complexity index is 320. The van der Waals surface area contributed by atoms with Crippen molar-refractivity contribution < 1.29 is 9.47 Å². The number of nitrogens with one attached hydrogen (secondary N) is 1. The number of hydrogen-bond acceptors (Lipinski definition) is 3. The lowest BCUT2D eigenvalue weighted by molar-refractivity contribution is 0.172. The predicted octanol–water partition coefficient (Wildman–Crippen LogP) is 2.64. The fraction of sp³-hybridized carbons (Fsp3) is 0.600. The summed E-state index contributed by atoms with van der Waals surface area (Å²) in [7, 11) is 3.70. The second-order valence-corrected chi connectivity index (χ2v) is 4.51. The van der Waals surface area contributed by atoms with Gasteiger partial charge in [-0.05, 0) is 44.5 Å². The molecule has 102 valence electrons. The summed E-state index contributed by atoms with van der Waals surface area (Å²) in [5.41, 5.74) is 1.28. The van der Waals surface area contributed by atoms with Gasteiger partial charge in [-0.15, -0.1) is 0 Å². The highest BCUT2D eigenvalue weighted by molar-refractivity contribution is 5.27. The largest absolute Gasteiger partial charge is 0.489 e. The normalized spacial score (nSPS) is 14.2. The fourth-order valence-electron chi connectivity index (χ4n) is 2.02. The van der Waals surface area contributed by atoms with Crippen molar-refractivity contribution in [3.05, 3.63) is 29.8 Å². The summed E-state index contributed by atoms with van der Waals surface area (Å²) >= 11 is 0. The van der Waals surface area contributed by atoms with Crippen molar-refractivity contribution in [1.82, 2.24) is 5.32 Å². The molecule has 0 fully saturated rings. The van der Waals surface area contributed by atoms with Crippen LogP contribution in [0.15, 0.2) is 24.3 Å². The van der Waals surface area contributed by atoms with Crippen LogP contribution in [0.2, 0.25) is 0 Å². The molecule has 1 aromatic rings. The Hall–Kier alpha value is -1.06. The number of methoxy groups -OCH3 is 1. The third-order valence-corrected chi connectivity index (χ3v) is 3.22. The topological polar surface area (TPSA) is 30.5 Å². The molecule has 3 nitrogen and oxygen atoms in total. The van der Waals surface area contributed by atoms with E-state index in [9.17, 15) is 0 Å². The molecule has 0 bridgehead atoms. The zero-order valence-corrected chi connectivity index (χ0v) is 11.9. The molecule has 0 spiro atoms. The van der Waals surface area contributed by atoms with Crippen LogP contribution in [0.5, 0.6) is 5.75 Å². The number of ether oxygens (including phenoxy) is 2. The summed E-state index contributed by atoms with van der Waals surface area (Å²) in [6.45, 7) is 5.02. The van der Waals surface area contributed by atoms with Gasteiger partial charge < -0.3 is 14.8 Å². The Morgan fingerprint density at radius 3 is 2.39 bits per heavy atom. The minimum atomic E-state index is 0.171. The van der Waals surface area contributed by atoms with Crippen molar-refractivity contribution >= 4 is 0 Å². The molecule has 0 saturated heterocycles. The number of benzene rings is 1. The molecule has 2 atom stereocenters. The maximum atomic E-state index is 5.92. The molecule has 2 unspecified atom stereocenters. The number of rotatable bonds is 8. The van der Waals surface area contributed by atoms with Gasteiger partial charge in [0, 0.05) is 13.2 Å². The summed E-state index contributed by atoms with van der Waals surface area (Å²) in [6.07, 6.45) is 2.18. The average molecular weight is 251 g/mol. The zero-order chi connectivity index (χ0) is 13.4. The van der Waals surface area contributed by atoms with E-state index >= 15 is 0 Å². The van der Waals surface area contributed by atoms with Crippen LogP contribution in [0.3, 0.4) is 0 Å². The Labute approximate surface area is 110 Å². The van der Waals surface area contributed by atoms with E-state index in [-0.39, 0.29) is 6.10 Å². The van der Waals surface area contributed by atoms with Crippen molar-refractivity contribution in [2.75, 3.05) is 20.8 Å². The summed E-state index contributed by atoms with van der Waals surface area (Å²) in [4.78, 5) is 0. The molecule has 0 amide bonds. The van der Waals surface area contributed by atoms with E-state index in [2.05, 4.69) is 31.3 Å². The molecule has 0 aliphatic heterocycles. The Morgan fingerprint density at radius 2 is 1.89 bits per heavy atom. The van der Waals surface area contributed by atoms with Crippen LogP contribution in [0.1, 0.15) is 25.8 Å². The molecule has 1 aromatic carbocycles. The minimum absolute atomic E-state index is 0.171. The van der Waals surface area contributed by atoms with Gasteiger partial charge in [0.2, 0.25) is 0 Å². The zero-order valence-electron chi connectivity index (χ0n) is 11.9. The molecule has 0 heterocycles. The number of likely N-dealkylation sites (N-methyl/N-ethyl adjacent to an activating group) is 1. The molecule has 0 aliphatic rings. The third kappa shape index (κ3) is 4.67. The van der Waals surface area contributed by atoms with Crippen LogP contribution >= 0.6 is 0 Å². The van der Waals surface area contributed by atoms with Gasteiger partial charge in [-0.1, -0.05) is 19.1 Å². The highest BCUT2D eigenvalue weighted by Crippen LogP contribution is 2.16. The van der Waals surface area contributed by atoms with Gasteiger partial charge in [-0.3, -0.25) is 0 Å². The average Bonchev–Trinajstić information content (AvgIpc) is 2.39. The minimum Gasteiger partial charge on any atom is -0.489 e. The van der Waals surface area contributed by atoms with E-state index < -0.39 is 0 Å². The maximum Gasteiger partial charge on any atom is 0.119 e. The first kappa shape index (κ1) is 15.0. The molecular weight excluding hydrogens is 226 g/mol. The van der Waals surface area contributed by atoms with E-state index in [1.165, 1.54) is 5.56 Å². The van der Waals surface area contributed by atoms with Gasteiger partial charge in [0.1, 0.15) is 11.9 Å². The van der Waals surface area contributed by atoms with Gasteiger partial charge in [-0.2, -0.15) is 0 Å². The summed E-state index contributed by atoms with van der Waals surface area (Å²) in [6, 6.07) is 8.65. The molecule has 0 radical (unpaired) electrons. The lowest BCUT2D eigenvalue weighted by Gasteiger charge is -2.23. The van der Waals surface area contributed by atoms with Crippen LogP contribution in [0.4, 0.5) is 0 Å². The quantitative estimate of drug-likeness (QED) is 0.770. The fourth-order valence-corrected chi connectivity index (χ4v) is 2.02. The van der Waals surface area contributed by atoms with Crippen molar-refractivity contribution in [2.24, 2.45) is 0 Å². The maximum absolute atomic E-state index is 5.92. The molecule has 1 N–H and O–H groups in total. The monoisotopic (exact) mass is 251 g/mol. The van der Waals surface area contributed by atoms with Gasteiger partial charge in [0.05, 0.1) is 6.61 Å². The van der Waals surface area contributed by atoms with Gasteiger partial charge >= 0.3 is 0 Å². The second kappa shape index (κ2) is 8.11. The van der Waals surface area contributed by atoms with Gasteiger partial charge in [0.15, 0.2) is 0 Å². The van der Waals surface area contributed by atoms with E-state index in [1.807, 2.05) is 19.2 Å². The lowest BCUT2D eigenvalue weighted by atomic mass is 10.1. The molecule has 1 rings (SSSR count). The first-order valence-electron chi connectivity index (χ1n) is 6.63. The number of hydrogen-bond donors (Lipinski definition) is 1. The molecule has 18 heavy (non-hydrogen) atoms. The standard InChI is InChI=1S/C15H25NO2/c1-5-15(16-3)12(2)18-14-8-6-13(7-9-14)10-11-17-4/h6-9,12,15-16H,5,10-11H2,1-4H3. The van der Waals surface area contributed by atoms with Crippen molar-refractivity contribution in [3.8, 4) is 5.75 Å². The van der Waals surface area contributed by atoms with Crippen molar-refractivity contribution in [3.63, 3.8) is 0 Å². The van der Waals surface area contributed by atoms with Gasteiger partial charge in [-0.25, -0.2) is 0 Å². The summed E-state index contributed by atoms with van der Waals surface area (Å²) in [5.74, 6) is 0.928. The van der Waals surface area contributed by atoms with Crippen LogP contribution in [-0.2, 0) is 11.2 Å².